The van der Waals surface area contributed by atoms with Gasteiger partial charge in [0.05, 0.1) is 38.8 Å². The molecule has 6 nitrogen and oxygen atoms in total. The van der Waals surface area contributed by atoms with Crippen molar-refractivity contribution < 1.29 is 14.2 Å². The standard InChI is InChI=1S/C14H17N3O3S/c1-9-8-21-14(16-9)17-15-7-10-11(18-2)5-6-12(19-3)13(10)20-4/h5-8H,1-4H3,(H,16,17). The first-order chi connectivity index (χ1) is 10.2. The van der Waals surface area contributed by atoms with E-state index in [1.54, 1.807) is 39.7 Å². The van der Waals surface area contributed by atoms with Gasteiger partial charge in [0, 0.05) is 5.38 Å². The molecule has 0 aliphatic heterocycles. The lowest BCUT2D eigenvalue weighted by Gasteiger charge is -2.13. The van der Waals surface area contributed by atoms with Crippen molar-refractivity contribution in [3.8, 4) is 17.2 Å². The highest BCUT2D eigenvalue weighted by atomic mass is 32.1. The molecule has 0 bridgehead atoms. The molecule has 7 heteroatoms. The molecule has 2 rings (SSSR count). The highest BCUT2D eigenvalue weighted by molar-refractivity contribution is 7.13. The number of aromatic nitrogens is 1. The summed E-state index contributed by atoms with van der Waals surface area (Å²) >= 11 is 1.49. The summed E-state index contributed by atoms with van der Waals surface area (Å²) in [5.41, 5.74) is 4.53. The second-order valence-corrected chi connectivity index (χ2v) is 4.94. The van der Waals surface area contributed by atoms with E-state index in [4.69, 9.17) is 14.2 Å². The van der Waals surface area contributed by atoms with Crippen molar-refractivity contribution in [3.63, 3.8) is 0 Å². The van der Waals surface area contributed by atoms with E-state index in [2.05, 4.69) is 15.5 Å². The summed E-state index contributed by atoms with van der Waals surface area (Å²) in [5.74, 6) is 1.83. The van der Waals surface area contributed by atoms with E-state index in [9.17, 15) is 0 Å². The van der Waals surface area contributed by atoms with E-state index in [0.29, 0.717) is 22.8 Å². The molecule has 0 unspecified atom stereocenters. The van der Waals surface area contributed by atoms with Gasteiger partial charge in [-0.3, -0.25) is 5.43 Å². The minimum Gasteiger partial charge on any atom is -0.496 e. The Hall–Kier alpha value is -2.28. The molecular weight excluding hydrogens is 290 g/mol. The molecule has 112 valence electrons. The minimum atomic E-state index is 0.567. The van der Waals surface area contributed by atoms with Gasteiger partial charge in [0.25, 0.3) is 0 Å². The van der Waals surface area contributed by atoms with E-state index in [1.165, 1.54) is 11.3 Å². The summed E-state index contributed by atoms with van der Waals surface area (Å²) in [6.07, 6.45) is 1.62. The fraction of sp³-hybridized carbons (Fsp3) is 0.286. The molecule has 0 atom stereocenters. The smallest absolute Gasteiger partial charge is 0.203 e. The molecule has 0 spiro atoms. The number of thiazole rings is 1. The number of ether oxygens (including phenoxy) is 3. The first-order valence-electron chi connectivity index (χ1n) is 6.19. The number of nitrogens with one attached hydrogen (secondary N) is 1. The first kappa shape index (κ1) is 15.1. The Bertz CT molecular complexity index is 640. The number of anilines is 1. The summed E-state index contributed by atoms with van der Waals surface area (Å²) in [6.45, 7) is 1.93. The highest BCUT2D eigenvalue weighted by Gasteiger charge is 2.14. The van der Waals surface area contributed by atoms with Crippen LogP contribution in [-0.4, -0.2) is 32.5 Å². The number of hydrogen-bond donors (Lipinski definition) is 1. The molecule has 0 aliphatic carbocycles. The quantitative estimate of drug-likeness (QED) is 0.656. The zero-order valence-corrected chi connectivity index (χ0v) is 13.2. The van der Waals surface area contributed by atoms with Crippen molar-refractivity contribution in [3.05, 3.63) is 28.8 Å². The SMILES string of the molecule is COc1ccc(OC)c(OC)c1C=NNc1nc(C)cs1. The molecule has 0 radical (unpaired) electrons. The van der Waals surface area contributed by atoms with Crippen molar-refractivity contribution in [2.24, 2.45) is 5.10 Å². The van der Waals surface area contributed by atoms with Crippen LogP contribution in [0.4, 0.5) is 5.13 Å². The molecule has 1 aromatic heterocycles. The van der Waals surface area contributed by atoms with Crippen LogP contribution in [0, 0.1) is 6.92 Å². The van der Waals surface area contributed by atoms with Gasteiger partial charge >= 0.3 is 0 Å². The van der Waals surface area contributed by atoms with Crippen LogP contribution in [0.3, 0.4) is 0 Å². The minimum absolute atomic E-state index is 0.567. The largest absolute Gasteiger partial charge is 0.496 e. The van der Waals surface area contributed by atoms with E-state index < -0.39 is 0 Å². The van der Waals surface area contributed by atoms with Crippen LogP contribution in [0.1, 0.15) is 11.3 Å². The van der Waals surface area contributed by atoms with Crippen molar-refractivity contribution in [2.45, 2.75) is 6.92 Å². The van der Waals surface area contributed by atoms with Crippen LogP contribution in [0.5, 0.6) is 17.2 Å². The van der Waals surface area contributed by atoms with Gasteiger partial charge in [-0.1, -0.05) is 0 Å². The molecule has 0 aliphatic rings. The van der Waals surface area contributed by atoms with E-state index in [-0.39, 0.29) is 0 Å². The molecule has 1 heterocycles. The number of hydrogen-bond acceptors (Lipinski definition) is 7. The third kappa shape index (κ3) is 3.43. The van der Waals surface area contributed by atoms with Crippen LogP contribution in [0.2, 0.25) is 0 Å². The maximum atomic E-state index is 5.38. The number of benzene rings is 1. The van der Waals surface area contributed by atoms with Crippen molar-refractivity contribution in [1.82, 2.24) is 4.98 Å². The Morgan fingerprint density at radius 3 is 2.43 bits per heavy atom. The van der Waals surface area contributed by atoms with Gasteiger partial charge in [-0.05, 0) is 19.1 Å². The van der Waals surface area contributed by atoms with Gasteiger partial charge in [0.15, 0.2) is 11.5 Å². The normalized spacial score (nSPS) is 10.7. The number of aryl methyl sites for hydroxylation is 1. The molecular formula is C14H17N3O3S. The van der Waals surface area contributed by atoms with Gasteiger partial charge < -0.3 is 14.2 Å². The third-order valence-corrected chi connectivity index (χ3v) is 3.60. The van der Waals surface area contributed by atoms with Crippen LogP contribution < -0.4 is 19.6 Å². The summed E-state index contributed by atoms with van der Waals surface area (Å²) in [6, 6.07) is 3.59. The molecule has 21 heavy (non-hydrogen) atoms. The van der Waals surface area contributed by atoms with Gasteiger partial charge in [-0.25, -0.2) is 4.98 Å². The topological polar surface area (TPSA) is 65.0 Å². The van der Waals surface area contributed by atoms with Crippen molar-refractivity contribution in [1.29, 1.82) is 0 Å². The van der Waals surface area contributed by atoms with Crippen LogP contribution in [0.25, 0.3) is 0 Å². The lowest BCUT2D eigenvalue weighted by molar-refractivity contribution is 0.348. The number of nitrogens with zero attached hydrogens (tertiary/aromatic N) is 2. The van der Waals surface area contributed by atoms with Crippen LogP contribution in [-0.2, 0) is 0 Å². The number of rotatable bonds is 6. The Morgan fingerprint density at radius 2 is 1.86 bits per heavy atom. The van der Waals surface area contributed by atoms with Gasteiger partial charge in [0.1, 0.15) is 5.75 Å². The maximum Gasteiger partial charge on any atom is 0.203 e. The fourth-order valence-corrected chi connectivity index (χ4v) is 2.43. The average molecular weight is 307 g/mol. The molecule has 1 aromatic carbocycles. The van der Waals surface area contributed by atoms with Crippen molar-refractivity contribution >= 4 is 22.7 Å². The number of hydrazone groups is 1. The van der Waals surface area contributed by atoms with E-state index >= 15 is 0 Å². The van der Waals surface area contributed by atoms with Gasteiger partial charge in [-0.2, -0.15) is 5.10 Å². The molecule has 0 fully saturated rings. The number of methoxy groups -OCH3 is 3. The van der Waals surface area contributed by atoms with Gasteiger partial charge in [0.2, 0.25) is 5.13 Å². The average Bonchev–Trinajstić information content (AvgIpc) is 2.92. The lowest BCUT2D eigenvalue weighted by Crippen LogP contribution is -2.00. The summed E-state index contributed by atoms with van der Waals surface area (Å²) in [4.78, 5) is 4.27. The Morgan fingerprint density at radius 1 is 1.14 bits per heavy atom. The van der Waals surface area contributed by atoms with Crippen LogP contribution >= 0.6 is 11.3 Å². The molecule has 0 saturated heterocycles. The highest BCUT2D eigenvalue weighted by Crippen LogP contribution is 2.36. The monoisotopic (exact) mass is 307 g/mol. The Balaban J connectivity index is 2.28. The Labute approximate surface area is 127 Å². The summed E-state index contributed by atoms with van der Waals surface area (Å²) in [7, 11) is 4.75. The van der Waals surface area contributed by atoms with E-state index in [1.807, 2.05) is 12.3 Å². The fourth-order valence-electron chi connectivity index (χ4n) is 1.79. The van der Waals surface area contributed by atoms with E-state index in [0.717, 1.165) is 10.8 Å². The second-order valence-electron chi connectivity index (χ2n) is 4.08. The van der Waals surface area contributed by atoms with Crippen molar-refractivity contribution in [2.75, 3.05) is 26.8 Å². The lowest BCUT2D eigenvalue weighted by atomic mass is 10.1. The molecule has 0 saturated carbocycles. The zero-order valence-electron chi connectivity index (χ0n) is 12.3. The maximum absolute atomic E-state index is 5.38. The third-order valence-electron chi connectivity index (χ3n) is 2.74. The summed E-state index contributed by atoms with van der Waals surface area (Å²) in [5, 5.41) is 6.85. The predicted molar refractivity (Wildman–Crippen MR) is 84.2 cm³/mol. The zero-order chi connectivity index (χ0) is 15.2. The molecule has 1 N–H and O–H groups in total. The van der Waals surface area contributed by atoms with Gasteiger partial charge in [-0.15, -0.1) is 11.3 Å². The molecule has 2 aromatic rings. The van der Waals surface area contributed by atoms with Crippen LogP contribution in [0.15, 0.2) is 22.6 Å². The Kier molecular flexibility index (Phi) is 4.99. The summed E-state index contributed by atoms with van der Waals surface area (Å²) < 4.78 is 16.0. The first-order valence-corrected chi connectivity index (χ1v) is 7.07. The molecule has 0 amide bonds. The predicted octanol–water partition coefficient (Wildman–Crippen LogP) is 2.92. The second kappa shape index (κ2) is 6.94.